The van der Waals surface area contributed by atoms with Crippen molar-refractivity contribution in [1.29, 1.82) is 0 Å². The third kappa shape index (κ3) is 11.2. The molecule has 54 heavy (non-hydrogen) atoms. The highest BCUT2D eigenvalue weighted by Crippen LogP contribution is 2.67. The Morgan fingerprint density at radius 3 is 2.57 bits per heavy atom. The summed E-state index contributed by atoms with van der Waals surface area (Å²) in [6.07, 6.45) is 37.7. The first-order valence-corrected chi connectivity index (χ1v) is 22.6. The summed E-state index contributed by atoms with van der Waals surface area (Å²) in [5.74, 6) is 5.11. The Bertz CT molecular complexity index is 1270. The van der Waals surface area contributed by atoms with Crippen LogP contribution < -0.4 is 0 Å². The first kappa shape index (κ1) is 43.4. The van der Waals surface area contributed by atoms with E-state index in [-0.39, 0.29) is 30.4 Å². The molecular weight excluding hydrogens is 673 g/mol. The molecule has 4 aliphatic carbocycles. The number of fused-ring (bicyclic) bond motifs is 5. The summed E-state index contributed by atoms with van der Waals surface area (Å²) in [7, 11) is 0. The maximum atomic E-state index is 12.9. The van der Waals surface area contributed by atoms with Crippen molar-refractivity contribution in [2.75, 3.05) is 0 Å². The van der Waals surface area contributed by atoms with Gasteiger partial charge in [-0.3, -0.25) is 10.1 Å². The van der Waals surface area contributed by atoms with Crippen molar-refractivity contribution >= 4 is 5.97 Å². The quantitative estimate of drug-likeness (QED) is 0.0314. The molecule has 0 aromatic heterocycles. The second-order valence-electron chi connectivity index (χ2n) is 19.1. The topological polar surface area (TPSA) is 74.2 Å². The predicted molar refractivity (Wildman–Crippen MR) is 219 cm³/mol. The maximum Gasteiger partial charge on any atom is 0.306 e. The van der Waals surface area contributed by atoms with Crippen LogP contribution in [-0.2, 0) is 24.2 Å². The second kappa shape index (κ2) is 21.1. The number of rotatable bonds is 21. The molecule has 5 aliphatic rings. The molecular formula is C48H78O6. The Morgan fingerprint density at radius 1 is 0.926 bits per heavy atom. The Labute approximate surface area is 329 Å². The van der Waals surface area contributed by atoms with Crippen molar-refractivity contribution in [1.82, 2.24) is 0 Å². The van der Waals surface area contributed by atoms with Gasteiger partial charge in [-0.2, -0.15) is 0 Å². The fourth-order valence-corrected chi connectivity index (χ4v) is 11.8. The van der Waals surface area contributed by atoms with Gasteiger partial charge >= 0.3 is 5.97 Å². The minimum absolute atomic E-state index is 0.0107. The van der Waals surface area contributed by atoms with Gasteiger partial charge in [0.2, 0.25) is 0 Å². The van der Waals surface area contributed by atoms with Gasteiger partial charge in [0, 0.05) is 19.3 Å². The van der Waals surface area contributed by atoms with Crippen LogP contribution in [0, 0.1) is 46.3 Å². The first-order chi connectivity index (χ1) is 26.1. The van der Waals surface area contributed by atoms with Gasteiger partial charge in [-0.15, -0.1) is 0 Å². The summed E-state index contributed by atoms with van der Waals surface area (Å²) in [6.45, 7) is 14.7. The number of allylic oxidation sites excluding steroid dienone is 6. The van der Waals surface area contributed by atoms with Crippen LogP contribution in [0.1, 0.15) is 176 Å². The summed E-state index contributed by atoms with van der Waals surface area (Å²) in [6, 6.07) is 0. The van der Waals surface area contributed by atoms with E-state index in [4.69, 9.17) is 14.5 Å². The molecule has 3 unspecified atom stereocenters. The Morgan fingerprint density at radius 2 is 1.78 bits per heavy atom. The molecule has 0 bridgehead atoms. The number of hydrogen-bond donors (Lipinski definition) is 1. The summed E-state index contributed by atoms with van der Waals surface area (Å²) in [5, 5.41) is 9.25. The average Bonchev–Trinajstić information content (AvgIpc) is 3.76. The highest BCUT2D eigenvalue weighted by molar-refractivity contribution is 5.69. The van der Waals surface area contributed by atoms with E-state index < -0.39 is 0 Å². The third-order valence-electron chi connectivity index (χ3n) is 15.0. The molecule has 1 N–H and O–H groups in total. The van der Waals surface area contributed by atoms with Crippen molar-refractivity contribution in [3.63, 3.8) is 0 Å². The lowest BCUT2D eigenvalue weighted by atomic mass is 9.47. The van der Waals surface area contributed by atoms with Gasteiger partial charge in [0.25, 0.3) is 0 Å². The van der Waals surface area contributed by atoms with E-state index in [1.54, 1.807) is 5.57 Å². The normalized spacial score (nSPS) is 35.0. The zero-order valence-electron chi connectivity index (χ0n) is 35.2. The lowest BCUT2D eigenvalue weighted by Crippen LogP contribution is -2.51. The molecule has 5 rings (SSSR count). The molecule has 0 aromatic carbocycles. The molecule has 0 radical (unpaired) electrons. The largest absolute Gasteiger partial charge is 0.462 e. The predicted octanol–water partition coefficient (Wildman–Crippen LogP) is 13.1. The van der Waals surface area contributed by atoms with Crippen molar-refractivity contribution in [3.8, 4) is 0 Å². The molecule has 1 heterocycles. The van der Waals surface area contributed by atoms with Crippen LogP contribution >= 0.6 is 0 Å². The number of carbonyl (C=O) groups is 1. The Balaban J connectivity index is 0.955. The fraction of sp³-hybridized carbons (Fsp3) is 0.812. The molecule has 6 nitrogen and oxygen atoms in total. The SMILES string of the molecule is CCCCCC(OO)C1CC(/C=C/C=C\C/C=C\CCCCC(=O)O[C@H]2CC[C@@]3(C)C(=CC[C@H]4[C@@H]5CC[C@H]([C@H](C)CCCC(C)C)[C@@]5(C)CC[C@@H]43)C2)OO1. The van der Waals surface area contributed by atoms with Crippen molar-refractivity contribution in [3.05, 3.63) is 48.1 Å². The lowest BCUT2D eigenvalue weighted by Gasteiger charge is -2.58. The molecule has 1 aliphatic heterocycles. The van der Waals surface area contributed by atoms with E-state index in [1.165, 1.54) is 57.8 Å². The summed E-state index contributed by atoms with van der Waals surface area (Å²) >= 11 is 0. The molecule has 1 saturated heterocycles. The zero-order chi connectivity index (χ0) is 38.6. The minimum atomic E-state index is -0.343. The van der Waals surface area contributed by atoms with E-state index in [0.717, 1.165) is 99.7 Å². The number of ether oxygens (including phenoxy) is 1. The van der Waals surface area contributed by atoms with Gasteiger partial charge in [0.05, 0.1) is 0 Å². The molecule has 4 fully saturated rings. The van der Waals surface area contributed by atoms with Crippen LogP contribution in [0.5, 0.6) is 0 Å². The maximum absolute atomic E-state index is 12.9. The standard InChI is InChI=1S/C48H78O6/c1-7-8-16-23-44(52-50)45-34-39(53-54-45)22-17-14-12-10-9-11-13-15-18-24-46(49)51-38-29-31-47(5)37(33-38)25-26-40-42-28-27-41(36(4)21-19-20-35(2)3)48(42,6)32-30-43(40)47/h9,11-12,14,17,22,25,35-36,38-45,50H,7-8,10,13,15-16,18-21,23-24,26-34H2,1-6H3/b11-9-,14-12-,22-17+/t36-,38+,39?,40+,41-,42+,43+,44?,45?,47+,48-/m1/s1. The molecule has 6 heteroatoms. The molecule has 3 saturated carbocycles. The monoisotopic (exact) mass is 751 g/mol. The van der Waals surface area contributed by atoms with E-state index >= 15 is 0 Å². The van der Waals surface area contributed by atoms with Gasteiger partial charge in [-0.05, 0) is 123 Å². The van der Waals surface area contributed by atoms with Crippen molar-refractivity contribution in [2.45, 2.75) is 201 Å². The number of esters is 1. The lowest BCUT2D eigenvalue weighted by molar-refractivity contribution is -0.348. The number of carbonyl (C=O) groups excluding carboxylic acids is 1. The van der Waals surface area contributed by atoms with Crippen LogP contribution in [0.4, 0.5) is 0 Å². The smallest absolute Gasteiger partial charge is 0.306 e. The molecule has 0 aromatic rings. The first-order valence-electron chi connectivity index (χ1n) is 22.6. The van der Waals surface area contributed by atoms with Crippen LogP contribution in [0.15, 0.2) is 48.1 Å². The van der Waals surface area contributed by atoms with E-state index in [0.29, 0.717) is 23.7 Å². The number of hydrogen-bond acceptors (Lipinski definition) is 6. The van der Waals surface area contributed by atoms with E-state index in [2.05, 4.69) is 70.7 Å². The summed E-state index contributed by atoms with van der Waals surface area (Å²) in [5.41, 5.74) is 2.43. The van der Waals surface area contributed by atoms with E-state index in [1.807, 2.05) is 18.2 Å². The second-order valence-corrected chi connectivity index (χ2v) is 19.1. The van der Waals surface area contributed by atoms with Gasteiger partial charge in [0.1, 0.15) is 24.4 Å². The molecule has 11 atom stereocenters. The fourth-order valence-electron chi connectivity index (χ4n) is 11.8. The van der Waals surface area contributed by atoms with Gasteiger partial charge in [-0.1, -0.05) is 128 Å². The van der Waals surface area contributed by atoms with Crippen LogP contribution in [-0.4, -0.2) is 35.6 Å². The van der Waals surface area contributed by atoms with Gasteiger partial charge in [0.15, 0.2) is 0 Å². The number of unbranched alkanes of at least 4 members (excludes halogenated alkanes) is 4. The Hall–Kier alpha value is -1.73. The summed E-state index contributed by atoms with van der Waals surface area (Å²) < 4.78 is 6.11. The average molecular weight is 751 g/mol. The zero-order valence-corrected chi connectivity index (χ0v) is 35.2. The van der Waals surface area contributed by atoms with E-state index in [9.17, 15) is 10.1 Å². The van der Waals surface area contributed by atoms with Gasteiger partial charge in [-0.25, -0.2) is 14.7 Å². The highest BCUT2D eigenvalue weighted by Gasteiger charge is 2.59. The van der Waals surface area contributed by atoms with Crippen LogP contribution in [0.2, 0.25) is 0 Å². The van der Waals surface area contributed by atoms with Crippen molar-refractivity contribution < 1.29 is 29.5 Å². The van der Waals surface area contributed by atoms with Gasteiger partial charge < -0.3 is 4.74 Å². The Kier molecular flexibility index (Phi) is 17.0. The van der Waals surface area contributed by atoms with Crippen LogP contribution in [0.3, 0.4) is 0 Å². The minimum Gasteiger partial charge on any atom is -0.462 e. The highest BCUT2D eigenvalue weighted by atomic mass is 17.2. The third-order valence-corrected chi connectivity index (χ3v) is 15.0. The van der Waals surface area contributed by atoms with Crippen LogP contribution in [0.25, 0.3) is 0 Å². The summed E-state index contributed by atoms with van der Waals surface area (Å²) in [4.78, 5) is 28.4. The van der Waals surface area contributed by atoms with Crippen molar-refractivity contribution in [2.24, 2.45) is 46.3 Å². The molecule has 0 spiro atoms. The molecule has 306 valence electrons. The molecule has 0 amide bonds.